The van der Waals surface area contributed by atoms with Gasteiger partial charge in [-0.3, -0.25) is 9.20 Å². The summed E-state index contributed by atoms with van der Waals surface area (Å²) >= 11 is 0. The average Bonchev–Trinajstić information content (AvgIpc) is 2.69. The van der Waals surface area contributed by atoms with Crippen LogP contribution in [0, 0.1) is 18.3 Å². The van der Waals surface area contributed by atoms with Gasteiger partial charge in [-0.15, -0.1) is 0 Å². The Labute approximate surface area is 156 Å². The van der Waals surface area contributed by atoms with Gasteiger partial charge in [0.2, 0.25) is 11.5 Å². The molecule has 0 atom stereocenters. The van der Waals surface area contributed by atoms with Crippen molar-refractivity contribution in [1.82, 2.24) is 9.38 Å². The lowest BCUT2D eigenvalue weighted by Crippen LogP contribution is -3.14. The van der Waals surface area contributed by atoms with Gasteiger partial charge in [-0.25, -0.2) is 4.57 Å². The maximum absolute atomic E-state index is 13.0. The van der Waals surface area contributed by atoms with Crippen LogP contribution >= 0.6 is 0 Å². The number of morpholine rings is 1. The minimum atomic E-state index is -0.192. The van der Waals surface area contributed by atoms with Crippen molar-refractivity contribution in [2.24, 2.45) is 0 Å². The number of ether oxygens (including phenoxy) is 1. The first-order chi connectivity index (χ1) is 13.1. The molecule has 0 aliphatic carbocycles. The van der Waals surface area contributed by atoms with Crippen molar-refractivity contribution in [3.8, 4) is 6.07 Å². The zero-order valence-corrected chi connectivity index (χ0v) is 15.2. The molecule has 1 fully saturated rings. The lowest BCUT2D eigenvalue weighted by atomic mass is 10.2. The maximum atomic E-state index is 13.0. The zero-order chi connectivity index (χ0) is 19.0. The van der Waals surface area contributed by atoms with Crippen LogP contribution in [0.15, 0.2) is 29.2 Å². The highest BCUT2D eigenvalue weighted by Gasteiger charge is 2.23. The fraction of sp³-hybridized carbons (Fsp3) is 0.368. The van der Waals surface area contributed by atoms with Crippen molar-refractivity contribution in [3.05, 3.63) is 45.9 Å². The summed E-state index contributed by atoms with van der Waals surface area (Å²) in [5.41, 5.74) is 8.41. The van der Waals surface area contributed by atoms with Gasteiger partial charge >= 0.3 is 0 Å². The predicted molar refractivity (Wildman–Crippen MR) is 99.4 cm³/mol. The van der Waals surface area contributed by atoms with Crippen molar-refractivity contribution in [2.45, 2.75) is 13.5 Å². The van der Waals surface area contributed by atoms with Crippen LogP contribution in [-0.4, -0.2) is 42.2 Å². The summed E-state index contributed by atoms with van der Waals surface area (Å²) in [6.45, 7) is 6.71. The van der Waals surface area contributed by atoms with Crippen LogP contribution in [0.2, 0.25) is 0 Å². The Balaban J connectivity index is 1.90. The van der Waals surface area contributed by atoms with E-state index in [0.717, 1.165) is 38.4 Å². The molecule has 3 aromatic rings. The normalized spacial score (nSPS) is 15.3. The standard InChI is InChI=1S/C19H20N6O2/c1-13-3-2-4-25-17(13)22-18-15(19(25)26)11-14(12-20)16(21)24(18)6-5-23-7-9-27-10-8-23/h2-4,11,21H,5-10H2,1H3/p+2. The summed E-state index contributed by atoms with van der Waals surface area (Å²) in [6, 6.07) is 7.39. The first-order valence-corrected chi connectivity index (χ1v) is 9.05. The minimum absolute atomic E-state index is 0.192. The van der Waals surface area contributed by atoms with E-state index in [1.54, 1.807) is 12.3 Å². The number of quaternary nitrogens is 1. The first kappa shape index (κ1) is 17.4. The van der Waals surface area contributed by atoms with Crippen LogP contribution < -0.4 is 20.8 Å². The Hall–Kier alpha value is -3.02. The number of nitrogens with two attached hydrogens (primary N) is 1. The van der Waals surface area contributed by atoms with Crippen LogP contribution in [0.5, 0.6) is 0 Å². The van der Waals surface area contributed by atoms with Crippen LogP contribution in [0.25, 0.3) is 16.7 Å². The van der Waals surface area contributed by atoms with Gasteiger partial charge in [0.25, 0.3) is 11.2 Å². The van der Waals surface area contributed by atoms with Gasteiger partial charge in [-0.2, -0.15) is 5.26 Å². The maximum Gasteiger partial charge on any atom is 0.278 e. The minimum Gasteiger partial charge on any atom is -0.370 e. The number of nitrogens with zero attached hydrogens (tertiary/aromatic N) is 4. The Morgan fingerprint density at radius 1 is 1.44 bits per heavy atom. The van der Waals surface area contributed by atoms with E-state index in [1.807, 2.05) is 23.6 Å². The molecule has 4 rings (SSSR count). The van der Waals surface area contributed by atoms with Crippen molar-refractivity contribution >= 4 is 22.5 Å². The highest BCUT2D eigenvalue weighted by atomic mass is 16.5. The van der Waals surface area contributed by atoms with Gasteiger partial charge in [0, 0.05) is 11.8 Å². The molecule has 8 nitrogen and oxygen atoms in total. The van der Waals surface area contributed by atoms with Crippen molar-refractivity contribution in [3.63, 3.8) is 0 Å². The number of nitrogens with one attached hydrogen (secondary N) is 1. The first-order valence-electron chi connectivity index (χ1n) is 9.05. The Bertz CT molecular complexity index is 1130. The van der Waals surface area contributed by atoms with Crippen molar-refractivity contribution in [2.75, 3.05) is 38.6 Å². The number of aromatic nitrogens is 3. The highest BCUT2D eigenvalue weighted by Crippen LogP contribution is 2.14. The summed E-state index contributed by atoms with van der Waals surface area (Å²) in [6.07, 6.45) is 1.70. The summed E-state index contributed by atoms with van der Waals surface area (Å²) in [5, 5.41) is 9.88. The molecule has 1 saturated heterocycles. The fourth-order valence-corrected chi connectivity index (χ4v) is 3.61. The second-order valence-corrected chi connectivity index (χ2v) is 6.86. The molecule has 0 aromatic carbocycles. The number of nitrogen functional groups attached to an aromatic ring is 1. The van der Waals surface area contributed by atoms with Gasteiger partial charge in [0.1, 0.15) is 43.2 Å². The third-order valence-corrected chi connectivity index (χ3v) is 5.18. The number of pyridine rings is 2. The lowest BCUT2D eigenvalue weighted by molar-refractivity contribution is -0.923. The molecule has 1 aliphatic heterocycles. The van der Waals surface area contributed by atoms with Crippen molar-refractivity contribution < 1.29 is 14.2 Å². The van der Waals surface area contributed by atoms with Gasteiger partial charge in [0.05, 0.1) is 13.2 Å². The molecule has 27 heavy (non-hydrogen) atoms. The summed E-state index contributed by atoms with van der Waals surface area (Å²) < 4.78 is 8.74. The molecule has 4 heterocycles. The molecule has 0 unspecified atom stereocenters. The largest absolute Gasteiger partial charge is 0.370 e. The van der Waals surface area contributed by atoms with E-state index in [0.29, 0.717) is 34.6 Å². The number of nitriles is 1. The number of anilines is 1. The van der Waals surface area contributed by atoms with E-state index >= 15 is 0 Å². The van der Waals surface area contributed by atoms with Gasteiger partial charge in [-0.05, 0) is 19.1 Å². The number of hydrogen-bond donors (Lipinski definition) is 2. The average molecular weight is 366 g/mol. The van der Waals surface area contributed by atoms with Gasteiger partial charge < -0.3 is 15.4 Å². The Kier molecular flexibility index (Phi) is 4.48. The molecule has 3 aromatic heterocycles. The van der Waals surface area contributed by atoms with E-state index < -0.39 is 0 Å². The van der Waals surface area contributed by atoms with Crippen LogP contribution in [-0.2, 0) is 11.3 Å². The Morgan fingerprint density at radius 2 is 2.22 bits per heavy atom. The SMILES string of the molecule is Cc1cccn2c(=O)c3cc(C#N)c(N)[n+](CC[NH+]4CCOCC4)c3nc12. The number of rotatable bonds is 3. The second-order valence-electron chi connectivity index (χ2n) is 6.86. The molecule has 0 bridgehead atoms. The van der Waals surface area contributed by atoms with Crippen LogP contribution in [0.1, 0.15) is 11.1 Å². The molecule has 8 heteroatoms. The smallest absolute Gasteiger partial charge is 0.278 e. The summed E-state index contributed by atoms with van der Waals surface area (Å²) in [4.78, 5) is 19.2. The van der Waals surface area contributed by atoms with E-state index in [-0.39, 0.29) is 5.56 Å². The predicted octanol–water partition coefficient (Wildman–Crippen LogP) is -1.19. The van der Waals surface area contributed by atoms with E-state index in [9.17, 15) is 10.1 Å². The topological polar surface area (TPSA) is 102 Å². The van der Waals surface area contributed by atoms with E-state index in [2.05, 4.69) is 6.07 Å². The Morgan fingerprint density at radius 3 is 2.96 bits per heavy atom. The van der Waals surface area contributed by atoms with Gasteiger partial charge in [-0.1, -0.05) is 11.1 Å². The number of hydrogen-bond acceptors (Lipinski definition) is 5. The third-order valence-electron chi connectivity index (χ3n) is 5.18. The molecular weight excluding hydrogens is 344 g/mol. The molecule has 138 valence electrons. The summed E-state index contributed by atoms with van der Waals surface area (Å²) in [5.74, 6) is 0.350. The quantitative estimate of drug-likeness (QED) is 0.448. The zero-order valence-electron chi connectivity index (χ0n) is 15.2. The monoisotopic (exact) mass is 366 g/mol. The van der Waals surface area contributed by atoms with Crippen LogP contribution in [0.4, 0.5) is 5.82 Å². The number of aryl methyl sites for hydroxylation is 1. The molecular formula is C19H22N6O2+2. The van der Waals surface area contributed by atoms with E-state index in [4.69, 9.17) is 15.5 Å². The lowest BCUT2D eigenvalue weighted by Gasteiger charge is -2.23. The second kappa shape index (κ2) is 6.95. The van der Waals surface area contributed by atoms with Crippen molar-refractivity contribution in [1.29, 1.82) is 5.26 Å². The molecule has 0 amide bonds. The molecule has 0 saturated carbocycles. The molecule has 0 radical (unpaired) electrons. The molecule has 3 N–H and O–H groups in total. The highest BCUT2D eigenvalue weighted by molar-refractivity contribution is 5.77. The van der Waals surface area contributed by atoms with Gasteiger partial charge in [0.15, 0.2) is 0 Å². The fourth-order valence-electron chi connectivity index (χ4n) is 3.61. The molecule has 0 spiro atoms. The molecule has 1 aliphatic rings. The number of fused-ring (bicyclic) bond motifs is 2. The third kappa shape index (κ3) is 3.01. The van der Waals surface area contributed by atoms with E-state index in [1.165, 1.54) is 9.30 Å². The summed E-state index contributed by atoms with van der Waals surface area (Å²) in [7, 11) is 0. The van der Waals surface area contributed by atoms with Crippen LogP contribution in [0.3, 0.4) is 0 Å².